The molecule has 0 saturated carbocycles. The normalized spacial score (nSPS) is 17.7. The van der Waals surface area contributed by atoms with Crippen LogP contribution in [0.15, 0.2) is 54.7 Å². The maximum atomic E-state index is 9.36. The lowest BCUT2D eigenvalue weighted by atomic mass is 9.74. The van der Waals surface area contributed by atoms with Crippen molar-refractivity contribution in [1.82, 2.24) is 10.3 Å². The van der Waals surface area contributed by atoms with Gasteiger partial charge in [0.05, 0.1) is 17.6 Å². The Bertz CT molecular complexity index is 904. The molecule has 4 nitrogen and oxygen atoms in total. The lowest BCUT2D eigenvalue weighted by molar-refractivity contribution is 0.198. The number of nitrogens with one attached hydrogen (secondary N) is 2. The Hall–Kier alpha value is -2.01. The van der Waals surface area contributed by atoms with Crippen LogP contribution in [0.25, 0.3) is 10.9 Å². The van der Waals surface area contributed by atoms with Crippen LogP contribution in [0.5, 0.6) is 0 Å². The number of hydrogen-bond acceptors (Lipinski definition) is 3. The first kappa shape index (κ1) is 23.3. The van der Waals surface area contributed by atoms with Crippen LogP contribution in [-0.2, 0) is 16.6 Å². The van der Waals surface area contributed by atoms with Crippen molar-refractivity contribution < 1.29 is 9.53 Å². The van der Waals surface area contributed by atoms with Gasteiger partial charge in [-0.25, -0.2) is 4.79 Å². The van der Waals surface area contributed by atoms with Crippen molar-refractivity contribution in [2.45, 2.75) is 32.1 Å². The summed E-state index contributed by atoms with van der Waals surface area (Å²) in [5.41, 5.74) is 3.13. The molecule has 0 spiro atoms. The van der Waals surface area contributed by atoms with Gasteiger partial charge in [0.1, 0.15) is 0 Å². The molecule has 0 aliphatic carbocycles. The average molecular weight is 435 g/mol. The first-order chi connectivity index (χ1) is 14.0. The Balaban J connectivity index is 0.000000378. The van der Waals surface area contributed by atoms with Crippen LogP contribution in [0, 0.1) is 0 Å². The quantitative estimate of drug-likeness (QED) is 0.474. The predicted octanol–water partition coefficient (Wildman–Crippen LogP) is 6.31. The summed E-state index contributed by atoms with van der Waals surface area (Å²) in [6.45, 7) is 6.07. The van der Waals surface area contributed by atoms with Crippen molar-refractivity contribution in [3.63, 3.8) is 0 Å². The number of fused-ring (bicyclic) bond motifs is 1. The lowest BCUT2D eigenvalue weighted by Crippen LogP contribution is -2.31. The summed E-state index contributed by atoms with van der Waals surface area (Å²) in [5, 5.41) is 5.56. The van der Waals surface area contributed by atoms with E-state index in [0.717, 1.165) is 36.5 Å². The van der Waals surface area contributed by atoms with Gasteiger partial charge in [0.15, 0.2) is 0 Å². The number of halogens is 2. The van der Waals surface area contributed by atoms with E-state index in [1.54, 1.807) is 0 Å². The average Bonchev–Trinajstić information content (AvgIpc) is 3.41. The van der Waals surface area contributed by atoms with Crippen LogP contribution in [0.1, 0.15) is 31.4 Å². The molecular formula is C23H28Cl2N2O2. The summed E-state index contributed by atoms with van der Waals surface area (Å²) in [6.07, 6.45) is 4.15. The molecule has 1 aliphatic heterocycles. The fraction of sp³-hybridized carbons (Fsp3) is 0.348. The summed E-state index contributed by atoms with van der Waals surface area (Å²) < 4.78 is 3.88. The number of hydrogen-bond donors (Lipinski definition) is 2. The van der Waals surface area contributed by atoms with Gasteiger partial charge in [-0.15, -0.1) is 0 Å². The minimum atomic E-state index is -0.773. The Labute approximate surface area is 182 Å². The van der Waals surface area contributed by atoms with Gasteiger partial charge < -0.3 is 15.0 Å². The third kappa shape index (κ3) is 5.99. The van der Waals surface area contributed by atoms with Gasteiger partial charge in [0.25, 0.3) is 0 Å². The van der Waals surface area contributed by atoms with Gasteiger partial charge in [-0.05, 0) is 48.7 Å². The Morgan fingerprint density at radius 1 is 1.17 bits per heavy atom. The van der Waals surface area contributed by atoms with Gasteiger partial charge in [-0.2, -0.15) is 0 Å². The molecule has 29 heavy (non-hydrogen) atoms. The molecule has 6 heteroatoms. The van der Waals surface area contributed by atoms with E-state index in [2.05, 4.69) is 75.2 Å². The Morgan fingerprint density at radius 2 is 1.86 bits per heavy atom. The largest absolute Gasteiger partial charge is 0.457 e. The number of aromatic nitrogens is 1. The third-order valence-electron chi connectivity index (χ3n) is 5.01. The molecule has 1 unspecified atom stereocenters. The van der Waals surface area contributed by atoms with Crippen LogP contribution in [0.3, 0.4) is 0 Å². The van der Waals surface area contributed by atoms with Crippen LogP contribution in [0.2, 0.25) is 5.02 Å². The number of rotatable bonds is 3. The molecule has 1 aromatic heterocycles. The summed E-state index contributed by atoms with van der Waals surface area (Å²) in [4.78, 5) is 12.6. The third-order valence-corrected chi connectivity index (χ3v) is 5.47. The lowest BCUT2D eigenvalue weighted by Gasteiger charge is -2.29. The molecule has 0 radical (unpaired) electrons. The van der Waals surface area contributed by atoms with E-state index in [0.29, 0.717) is 0 Å². The maximum Gasteiger partial charge on any atom is 0.403 e. The monoisotopic (exact) mass is 434 g/mol. The smallest absolute Gasteiger partial charge is 0.403 e. The number of benzene rings is 2. The number of carbonyl (C=O) groups excluding carboxylic acids is 1. The summed E-state index contributed by atoms with van der Waals surface area (Å²) >= 11 is 11.1. The fourth-order valence-electron chi connectivity index (χ4n) is 3.66. The van der Waals surface area contributed by atoms with Crippen molar-refractivity contribution in [1.29, 1.82) is 0 Å². The second-order valence-corrected chi connectivity index (χ2v) is 7.43. The van der Waals surface area contributed by atoms with E-state index in [-0.39, 0.29) is 5.41 Å². The standard InChI is InChI=1S/C19H19ClN2.C2H3ClO2.C2H6/c20-17-11-16(10-15-6-8-22-18(15)17)19(7-9-21-13-19)12-14-4-2-1-3-5-14;1-5-2(3)4;1-2/h1-6,8,10-11,21-22H,7,9,12-13H2;1H3;1-2H3. The second kappa shape index (κ2) is 11.2. The molecule has 2 N–H and O–H groups in total. The van der Waals surface area contributed by atoms with Gasteiger partial charge in [0, 0.05) is 35.1 Å². The zero-order chi connectivity index (χ0) is 21.3. The van der Waals surface area contributed by atoms with E-state index < -0.39 is 5.43 Å². The van der Waals surface area contributed by atoms with Crippen molar-refractivity contribution >= 4 is 39.5 Å². The summed E-state index contributed by atoms with van der Waals surface area (Å²) in [6, 6.07) is 17.3. The second-order valence-electron chi connectivity index (χ2n) is 6.71. The van der Waals surface area contributed by atoms with Crippen LogP contribution >= 0.6 is 23.2 Å². The van der Waals surface area contributed by atoms with Crippen molar-refractivity contribution in [3.8, 4) is 0 Å². The van der Waals surface area contributed by atoms with Gasteiger partial charge in [0.2, 0.25) is 0 Å². The van der Waals surface area contributed by atoms with Crippen LogP contribution < -0.4 is 5.32 Å². The minimum absolute atomic E-state index is 0.135. The molecule has 0 amide bonds. The first-order valence-corrected chi connectivity index (χ1v) is 10.5. The highest BCUT2D eigenvalue weighted by Gasteiger charge is 2.36. The van der Waals surface area contributed by atoms with Crippen molar-refractivity contribution in [2.24, 2.45) is 0 Å². The summed E-state index contributed by atoms with van der Waals surface area (Å²) in [7, 11) is 1.22. The molecule has 2 aromatic carbocycles. The Morgan fingerprint density at radius 3 is 2.45 bits per heavy atom. The topological polar surface area (TPSA) is 54.1 Å². The molecular weight excluding hydrogens is 407 g/mol. The van der Waals surface area contributed by atoms with E-state index >= 15 is 0 Å². The van der Waals surface area contributed by atoms with Crippen molar-refractivity contribution in [2.75, 3.05) is 20.2 Å². The van der Waals surface area contributed by atoms with Gasteiger partial charge in [-0.1, -0.05) is 55.8 Å². The fourth-order valence-corrected chi connectivity index (χ4v) is 3.94. The molecule has 4 rings (SSSR count). The molecule has 3 aromatic rings. The van der Waals surface area contributed by atoms with Crippen LogP contribution in [0.4, 0.5) is 4.79 Å². The zero-order valence-corrected chi connectivity index (χ0v) is 18.6. The van der Waals surface area contributed by atoms with E-state index in [1.807, 2.05) is 20.0 Å². The number of methoxy groups -OCH3 is 1. The molecule has 1 fully saturated rings. The molecule has 156 valence electrons. The zero-order valence-electron chi connectivity index (χ0n) is 17.1. The Kier molecular flexibility index (Phi) is 9.02. The van der Waals surface area contributed by atoms with Crippen LogP contribution in [-0.4, -0.2) is 30.6 Å². The highest BCUT2D eigenvalue weighted by molar-refractivity contribution is 6.61. The molecule has 1 aliphatic rings. The van der Waals surface area contributed by atoms with E-state index in [9.17, 15) is 4.79 Å². The molecule has 1 saturated heterocycles. The van der Waals surface area contributed by atoms with E-state index in [4.69, 9.17) is 11.6 Å². The summed E-state index contributed by atoms with van der Waals surface area (Å²) in [5.74, 6) is 0. The molecule has 2 heterocycles. The number of carbonyl (C=O) groups is 1. The molecule has 0 bridgehead atoms. The highest BCUT2D eigenvalue weighted by Crippen LogP contribution is 2.38. The SMILES string of the molecule is CC.COC(=O)Cl.Clc1cc(C2(Cc3ccccc3)CCNC2)cc2cc[nH]c12. The number of H-pyrrole nitrogens is 1. The van der Waals surface area contributed by atoms with Gasteiger partial charge in [-0.3, -0.25) is 0 Å². The van der Waals surface area contributed by atoms with Crippen molar-refractivity contribution in [3.05, 3.63) is 70.9 Å². The minimum Gasteiger partial charge on any atom is -0.457 e. The molecule has 1 atom stereocenters. The maximum absolute atomic E-state index is 9.36. The number of ether oxygens (including phenoxy) is 1. The van der Waals surface area contributed by atoms with E-state index in [1.165, 1.54) is 23.6 Å². The first-order valence-electron chi connectivity index (χ1n) is 9.79. The predicted molar refractivity (Wildman–Crippen MR) is 122 cm³/mol. The number of aromatic amines is 1. The van der Waals surface area contributed by atoms with Gasteiger partial charge >= 0.3 is 5.43 Å². The highest BCUT2D eigenvalue weighted by atomic mass is 35.5.